The highest BCUT2D eigenvalue weighted by Crippen LogP contribution is 2.26. The minimum atomic E-state index is -0.854. The van der Waals surface area contributed by atoms with E-state index in [1.54, 1.807) is 6.08 Å². The Kier molecular flexibility index (Phi) is 3.05. The predicted octanol–water partition coefficient (Wildman–Crippen LogP) is 1.36. The predicted molar refractivity (Wildman–Crippen MR) is 44.9 cm³/mol. The molecule has 1 aliphatic heterocycles. The highest BCUT2D eigenvalue weighted by atomic mass is 16.6. The Morgan fingerprint density at radius 3 is 2.92 bits per heavy atom. The van der Waals surface area contributed by atoms with Gasteiger partial charge < -0.3 is 9.84 Å². The van der Waals surface area contributed by atoms with Gasteiger partial charge in [0, 0.05) is 0 Å². The number of allylic oxidation sites excluding steroid dienone is 3. The highest BCUT2D eigenvalue weighted by molar-refractivity contribution is 5.75. The maximum Gasteiger partial charge on any atom is 0.335 e. The Morgan fingerprint density at radius 2 is 2.42 bits per heavy atom. The van der Waals surface area contributed by atoms with Crippen molar-refractivity contribution < 1.29 is 14.6 Å². The van der Waals surface area contributed by atoms with Crippen LogP contribution in [0.1, 0.15) is 12.8 Å². The van der Waals surface area contributed by atoms with Gasteiger partial charge in [0.05, 0.1) is 6.10 Å². The summed E-state index contributed by atoms with van der Waals surface area (Å²) in [5.41, 5.74) is 0. The molecule has 0 aliphatic carbocycles. The highest BCUT2D eigenvalue weighted by Gasteiger charge is 2.44. The average Bonchev–Trinajstić information content (AvgIpc) is 2.77. The number of aliphatic carboxylic acids is 1. The Morgan fingerprint density at radius 1 is 1.67 bits per heavy atom. The molecule has 0 aromatic carbocycles. The molecule has 66 valence electrons. The Hall–Kier alpha value is -1.09. The molecule has 2 atom stereocenters. The van der Waals surface area contributed by atoms with Crippen molar-refractivity contribution in [3.8, 4) is 0 Å². The lowest BCUT2D eigenvalue weighted by Crippen LogP contribution is -2.07. The molecule has 1 fully saturated rings. The summed E-state index contributed by atoms with van der Waals surface area (Å²) in [5.74, 6) is -0.854. The van der Waals surface area contributed by atoms with Gasteiger partial charge in [0.15, 0.2) is 6.10 Å². The van der Waals surface area contributed by atoms with Crippen molar-refractivity contribution in [3.63, 3.8) is 0 Å². The summed E-state index contributed by atoms with van der Waals surface area (Å²) in [5, 5.41) is 8.47. The van der Waals surface area contributed by atoms with E-state index >= 15 is 0 Å². The lowest BCUT2D eigenvalue weighted by atomic mass is 10.2. The minimum Gasteiger partial charge on any atom is -0.479 e. The van der Waals surface area contributed by atoms with Gasteiger partial charge in [-0.15, -0.1) is 0 Å². The molecule has 0 radical (unpaired) electrons. The van der Waals surface area contributed by atoms with Crippen LogP contribution < -0.4 is 0 Å². The first-order valence-corrected chi connectivity index (χ1v) is 3.91. The van der Waals surface area contributed by atoms with Crippen molar-refractivity contribution in [2.75, 3.05) is 0 Å². The third-order valence-corrected chi connectivity index (χ3v) is 1.72. The zero-order valence-corrected chi connectivity index (χ0v) is 6.77. The number of ether oxygens (including phenoxy) is 1. The van der Waals surface area contributed by atoms with Crippen LogP contribution in [0.2, 0.25) is 0 Å². The van der Waals surface area contributed by atoms with Crippen molar-refractivity contribution in [2.24, 2.45) is 0 Å². The first-order valence-electron chi connectivity index (χ1n) is 3.91. The van der Waals surface area contributed by atoms with Crippen LogP contribution in [0.5, 0.6) is 0 Å². The van der Waals surface area contributed by atoms with Gasteiger partial charge in [0.25, 0.3) is 0 Å². The number of hydrogen-bond donors (Lipinski definition) is 1. The largest absolute Gasteiger partial charge is 0.479 e. The summed E-state index contributed by atoms with van der Waals surface area (Å²) >= 11 is 0. The van der Waals surface area contributed by atoms with Crippen molar-refractivity contribution in [1.82, 2.24) is 0 Å². The fraction of sp³-hybridized carbons (Fsp3) is 0.444. The van der Waals surface area contributed by atoms with E-state index in [0.717, 1.165) is 12.8 Å². The monoisotopic (exact) mass is 168 g/mol. The van der Waals surface area contributed by atoms with E-state index in [4.69, 9.17) is 9.84 Å². The molecule has 1 heterocycles. The topological polar surface area (TPSA) is 49.8 Å². The molecule has 0 saturated carbocycles. The number of carboxylic acids is 1. The van der Waals surface area contributed by atoms with Crippen LogP contribution in [0.25, 0.3) is 0 Å². The number of rotatable bonds is 5. The van der Waals surface area contributed by atoms with Crippen LogP contribution in [-0.2, 0) is 9.53 Å². The van der Waals surface area contributed by atoms with Gasteiger partial charge in [-0.05, 0) is 12.8 Å². The number of epoxide rings is 1. The van der Waals surface area contributed by atoms with Gasteiger partial charge in [0.1, 0.15) is 0 Å². The van der Waals surface area contributed by atoms with Crippen LogP contribution in [0, 0.1) is 0 Å². The van der Waals surface area contributed by atoms with Crippen molar-refractivity contribution in [2.45, 2.75) is 25.0 Å². The summed E-state index contributed by atoms with van der Waals surface area (Å²) in [7, 11) is 0. The van der Waals surface area contributed by atoms with Crippen molar-refractivity contribution in [3.05, 3.63) is 24.8 Å². The molecule has 12 heavy (non-hydrogen) atoms. The standard InChI is InChI=1S/C9H12O3/c1-2-3-4-5-6-7-8(12-7)9(10)11/h2-4,7-8H,1,5-6H2,(H,10,11)/b4-3-. The van der Waals surface area contributed by atoms with Crippen LogP contribution in [0.4, 0.5) is 0 Å². The third kappa shape index (κ3) is 2.51. The minimum absolute atomic E-state index is 0.0723. The Balaban J connectivity index is 2.08. The number of carbonyl (C=O) groups is 1. The lowest BCUT2D eigenvalue weighted by Gasteiger charge is -1.86. The molecule has 1 saturated heterocycles. The fourth-order valence-electron chi connectivity index (χ4n) is 1.03. The smallest absolute Gasteiger partial charge is 0.335 e. The molecular weight excluding hydrogens is 156 g/mol. The van der Waals surface area contributed by atoms with Crippen LogP contribution in [-0.4, -0.2) is 23.3 Å². The number of carboxylic acid groups (broad SMARTS) is 1. The lowest BCUT2D eigenvalue weighted by molar-refractivity contribution is -0.138. The summed E-state index contributed by atoms with van der Waals surface area (Å²) in [6, 6.07) is 0. The molecule has 0 aromatic rings. The molecular formula is C9H12O3. The van der Waals surface area contributed by atoms with Crippen LogP contribution in [0.15, 0.2) is 24.8 Å². The maximum atomic E-state index is 10.3. The normalized spacial score (nSPS) is 27.3. The maximum absolute atomic E-state index is 10.3. The molecule has 2 unspecified atom stereocenters. The van der Waals surface area contributed by atoms with Gasteiger partial charge >= 0.3 is 5.97 Å². The molecule has 0 spiro atoms. The summed E-state index contributed by atoms with van der Waals surface area (Å²) in [6.45, 7) is 3.52. The van der Waals surface area contributed by atoms with E-state index in [1.807, 2.05) is 12.2 Å². The van der Waals surface area contributed by atoms with E-state index in [1.165, 1.54) is 0 Å². The second-order valence-electron chi connectivity index (χ2n) is 2.67. The summed E-state index contributed by atoms with van der Waals surface area (Å²) in [6.07, 6.45) is 6.50. The summed E-state index contributed by atoms with van der Waals surface area (Å²) in [4.78, 5) is 10.3. The molecule has 1 rings (SSSR count). The molecule has 0 aromatic heterocycles. The molecule has 0 amide bonds. The summed E-state index contributed by atoms with van der Waals surface area (Å²) < 4.78 is 4.90. The molecule has 0 bridgehead atoms. The van der Waals surface area contributed by atoms with Crippen LogP contribution >= 0.6 is 0 Å². The first-order chi connectivity index (χ1) is 5.75. The molecule has 1 N–H and O–H groups in total. The van der Waals surface area contributed by atoms with Gasteiger partial charge in [-0.3, -0.25) is 0 Å². The van der Waals surface area contributed by atoms with Gasteiger partial charge in [-0.25, -0.2) is 4.79 Å². The average molecular weight is 168 g/mol. The number of hydrogen-bond acceptors (Lipinski definition) is 2. The molecule has 3 heteroatoms. The van der Waals surface area contributed by atoms with Gasteiger partial charge in [-0.2, -0.15) is 0 Å². The Bertz CT molecular complexity index is 208. The zero-order chi connectivity index (χ0) is 8.97. The van der Waals surface area contributed by atoms with Gasteiger partial charge in [0.2, 0.25) is 0 Å². The molecule has 3 nitrogen and oxygen atoms in total. The zero-order valence-electron chi connectivity index (χ0n) is 6.77. The van der Waals surface area contributed by atoms with Crippen LogP contribution in [0.3, 0.4) is 0 Å². The fourth-order valence-corrected chi connectivity index (χ4v) is 1.03. The van der Waals surface area contributed by atoms with Crippen molar-refractivity contribution in [1.29, 1.82) is 0 Å². The molecule has 1 aliphatic rings. The first kappa shape index (κ1) is 9.00. The van der Waals surface area contributed by atoms with E-state index < -0.39 is 12.1 Å². The third-order valence-electron chi connectivity index (χ3n) is 1.72. The van der Waals surface area contributed by atoms with E-state index in [-0.39, 0.29) is 6.10 Å². The van der Waals surface area contributed by atoms with Crippen molar-refractivity contribution >= 4 is 5.97 Å². The Labute approximate surface area is 71.3 Å². The SMILES string of the molecule is C=C/C=C\CCC1OC1C(=O)O. The quantitative estimate of drug-likeness (QED) is 0.498. The van der Waals surface area contributed by atoms with E-state index in [0.29, 0.717) is 0 Å². The van der Waals surface area contributed by atoms with E-state index in [2.05, 4.69) is 6.58 Å². The second-order valence-corrected chi connectivity index (χ2v) is 2.67. The second kappa shape index (κ2) is 4.07. The van der Waals surface area contributed by atoms with E-state index in [9.17, 15) is 4.79 Å². The van der Waals surface area contributed by atoms with Gasteiger partial charge in [-0.1, -0.05) is 24.8 Å².